The van der Waals surface area contributed by atoms with Crippen LogP contribution in [-0.4, -0.2) is 25.5 Å². The zero-order chi connectivity index (χ0) is 22.8. The molecule has 0 radical (unpaired) electrons. The number of amides is 2. The largest absolute Gasteiger partial charge is 0.343 e. The molecular weight excluding hydrogens is 473 g/mol. The quantitative estimate of drug-likeness (QED) is 0.242. The summed E-state index contributed by atoms with van der Waals surface area (Å²) in [5, 5.41) is 11.6. The van der Waals surface area contributed by atoms with Gasteiger partial charge in [0.15, 0.2) is 0 Å². The van der Waals surface area contributed by atoms with Crippen LogP contribution in [-0.2, 0) is 17.9 Å². The first-order valence-corrected chi connectivity index (χ1v) is 11.0. The first-order chi connectivity index (χ1) is 15.3. The minimum atomic E-state index is -0.450. The van der Waals surface area contributed by atoms with E-state index in [9.17, 15) is 19.7 Å². The van der Waals surface area contributed by atoms with Gasteiger partial charge in [-0.3, -0.25) is 24.6 Å². The number of rotatable bonds is 6. The van der Waals surface area contributed by atoms with E-state index in [4.69, 9.17) is 23.2 Å². The smallest absolute Gasteiger partial charge is 0.293 e. The normalized spacial score (nSPS) is 15.1. The fraction of sp³-hybridized carbons (Fsp3) is 0.0909. The van der Waals surface area contributed by atoms with Gasteiger partial charge in [0.1, 0.15) is 0 Å². The minimum Gasteiger partial charge on any atom is -0.343 e. The predicted octanol–water partition coefficient (Wildman–Crippen LogP) is 5.99. The van der Waals surface area contributed by atoms with E-state index in [0.29, 0.717) is 26.9 Å². The van der Waals surface area contributed by atoms with Gasteiger partial charge in [0.05, 0.1) is 22.9 Å². The third-order valence-corrected chi connectivity index (χ3v) is 6.54. The van der Waals surface area contributed by atoms with Crippen molar-refractivity contribution >= 4 is 57.9 Å². The number of aromatic nitrogens is 1. The predicted molar refractivity (Wildman–Crippen MR) is 125 cm³/mol. The molecule has 10 heteroatoms. The number of hydrogen-bond acceptors (Lipinski definition) is 5. The lowest BCUT2D eigenvalue weighted by Gasteiger charge is -2.14. The standard InChI is InChI=1S/C22H15Cl2N3O4S/c23-17-7-3-8-18(24)16(17)13-26-21(28)20(32-22(26)29)11-15-6-4-10-25(15)12-14-5-1-2-9-19(14)27(30)31/h1-11H,12-13H2/b20-11+. The molecule has 2 heterocycles. The minimum absolute atomic E-state index is 0.0177. The lowest BCUT2D eigenvalue weighted by Crippen LogP contribution is -2.27. The molecule has 4 rings (SSSR count). The summed E-state index contributed by atoms with van der Waals surface area (Å²) < 4.78 is 1.78. The molecule has 1 aromatic heterocycles. The highest BCUT2D eigenvalue weighted by atomic mass is 35.5. The molecule has 1 aliphatic heterocycles. The maximum absolute atomic E-state index is 12.9. The maximum Gasteiger partial charge on any atom is 0.293 e. The van der Waals surface area contributed by atoms with Crippen LogP contribution < -0.4 is 0 Å². The lowest BCUT2D eigenvalue weighted by molar-refractivity contribution is -0.385. The van der Waals surface area contributed by atoms with E-state index in [1.165, 1.54) is 6.07 Å². The van der Waals surface area contributed by atoms with Crippen LogP contribution in [0.5, 0.6) is 0 Å². The maximum atomic E-state index is 12.9. The summed E-state index contributed by atoms with van der Waals surface area (Å²) >= 11 is 13.2. The number of imide groups is 1. The molecule has 0 atom stereocenters. The van der Waals surface area contributed by atoms with Crippen molar-refractivity contribution < 1.29 is 14.5 Å². The van der Waals surface area contributed by atoms with Gasteiger partial charge in [0.25, 0.3) is 16.8 Å². The molecule has 0 spiro atoms. The van der Waals surface area contributed by atoms with Crippen LogP contribution in [0.15, 0.2) is 65.7 Å². The number of thioether (sulfide) groups is 1. The summed E-state index contributed by atoms with van der Waals surface area (Å²) in [5.74, 6) is -0.450. The van der Waals surface area contributed by atoms with Crippen molar-refractivity contribution in [2.45, 2.75) is 13.1 Å². The van der Waals surface area contributed by atoms with Crippen LogP contribution in [0.4, 0.5) is 10.5 Å². The average Bonchev–Trinajstić information content (AvgIpc) is 3.29. The third kappa shape index (κ3) is 4.43. The van der Waals surface area contributed by atoms with Gasteiger partial charge in [-0.1, -0.05) is 47.5 Å². The van der Waals surface area contributed by atoms with Gasteiger partial charge < -0.3 is 4.57 Å². The van der Waals surface area contributed by atoms with Crippen molar-refractivity contribution in [3.8, 4) is 0 Å². The Balaban J connectivity index is 1.59. The Hall–Kier alpha value is -3.07. The van der Waals surface area contributed by atoms with Crippen molar-refractivity contribution in [3.05, 3.63) is 103 Å². The SMILES string of the molecule is O=C1S/C(=C/c2cccn2Cc2ccccc2[N+](=O)[O-])C(=O)N1Cc1c(Cl)cccc1Cl. The van der Waals surface area contributed by atoms with Crippen LogP contribution in [0.2, 0.25) is 10.0 Å². The van der Waals surface area contributed by atoms with Gasteiger partial charge in [0.2, 0.25) is 0 Å². The Kier molecular flexibility index (Phi) is 6.36. The second-order valence-corrected chi connectivity index (χ2v) is 8.72. The Morgan fingerprint density at radius 1 is 0.969 bits per heavy atom. The molecule has 3 aromatic rings. The molecule has 0 N–H and O–H groups in total. The summed E-state index contributed by atoms with van der Waals surface area (Å²) in [5.41, 5.74) is 1.69. The first kappa shape index (κ1) is 22.1. The molecule has 0 unspecified atom stereocenters. The molecule has 0 aliphatic carbocycles. The van der Waals surface area contributed by atoms with Crippen LogP contribution in [0.1, 0.15) is 16.8 Å². The van der Waals surface area contributed by atoms with E-state index in [-0.39, 0.29) is 23.7 Å². The molecule has 0 bridgehead atoms. The highest BCUT2D eigenvalue weighted by Gasteiger charge is 2.36. The van der Waals surface area contributed by atoms with E-state index >= 15 is 0 Å². The highest BCUT2D eigenvalue weighted by molar-refractivity contribution is 8.18. The van der Waals surface area contributed by atoms with Gasteiger partial charge in [-0.15, -0.1) is 0 Å². The van der Waals surface area contributed by atoms with Gasteiger partial charge in [-0.2, -0.15) is 0 Å². The fourth-order valence-corrected chi connectivity index (χ4v) is 4.66. The van der Waals surface area contributed by atoms with E-state index in [1.807, 2.05) is 0 Å². The Morgan fingerprint density at radius 2 is 1.69 bits per heavy atom. The summed E-state index contributed by atoms with van der Waals surface area (Å²) in [6, 6.07) is 15.0. The summed E-state index contributed by atoms with van der Waals surface area (Å²) in [6.45, 7) is 0.215. The number of halogens is 2. The van der Waals surface area contributed by atoms with Crippen LogP contribution in [0.25, 0.3) is 6.08 Å². The molecule has 32 heavy (non-hydrogen) atoms. The van der Waals surface area contributed by atoms with E-state index < -0.39 is 16.1 Å². The van der Waals surface area contributed by atoms with Crippen molar-refractivity contribution in [2.75, 3.05) is 0 Å². The van der Waals surface area contributed by atoms with Gasteiger partial charge in [0, 0.05) is 39.1 Å². The second-order valence-electron chi connectivity index (χ2n) is 6.91. The molecule has 1 saturated heterocycles. The second kappa shape index (κ2) is 9.20. The molecule has 0 saturated carbocycles. The van der Waals surface area contributed by atoms with Gasteiger partial charge in [-0.05, 0) is 42.1 Å². The average molecular weight is 488 g/mol. The highest BCUT2D eigenvalue weighted by Crippen LogP contribution is 2.35. The number of nitrogens with zero attached hydrogens (tertiary/aromatic N) is 3. The van der Waals surface area contributed by atoms with Crippen molar-refractivity contribution in [1.82, 2.24) is 9.47 Å². The molecule has 1 fully saturated rings. The van der Waals surface area contributed by atoms with Gasteiger partial charge in [-0.25, -0.2) is 0 Å². The molecule has 162 valence electrons. The Morgan fingerprint density at radius 3 is 2.41 bits per heavy atom. The fourth-order valence-electron chi connectivity index (χ4n) is 3.32. The van der Waals surface area contributed by atoms with Gasteiger partial charge >= 0.3 is 0 Å². The summed E-state index contributed by atoms with van der Waals surface area (Å²) in [4.78, 5) is 37.6. The topological polar surface area (TPSA) is 85.5 Å². The van der Waals surface area contributed by atoms with Crippen molar-refractivity contribution in [1.29, 1.82) is 0 Å². The van der Waals surface area contributed by atoms with Crippen LogP contribution in [0.3, 0.4) is 0 Å². The van der Waals surface area contributed by atoms with E-state index in [0.717, 1.165) is 16.7 Å². The summed E-state index contributed by atoms with van der Waals surface area (Å²) in [7, 11) is 0. The summed E-state index contributed by atoms with van der Waals surface area (Å²) in [6.07, 6.45) is 3.37. The van der Waals surface area contributed by atoms with E-state index in [1.54, 1.807) is 65.4 Å². The van der Waals surface area contributed by atoms with Crippen LogP contribution >= 0.6 is 35.0 Å². The van der Waals surface area contributed by atoms with Crippen molar-refractivity contribution in [2.24, 2.45) is 0 Å². The van der Waals surface area contributed by atoms with Crippen molar-refractivity contribution in [3.63, 3.8) is 0 Å². The molecule has 1 aliphatic rings. The van der Waals surface area contributed by atoms with Crippen LogP contribution in [0, 0.1) is 10.1 Å². The molecule has 7 nitrogen and oxygen atoms in total. The Labute approximate surface area is 197 Å². The van der Waals surface area contributed by atoms with E-state index in [2.05, 4.69) is 0 Å². The number of hydrogen-bond donors (Lipinski definition) is 0. The zero-order valence-electron chi connectivity index (χ0n) is 16.4. The Bertz CT molecular complexity index is 1250. The number of carbonyl (C=O) groups is 2. The first-order valence-electron chi connectivity index (χ1n) is 9.41. The molecule has 2 amide bonds. The number of nitro groups is 1. The number of nitro benzene ring substituents is 1. The number of carbonyl (C=O) groups excluding carboxylic acids is 2. The zero-order valence-corrected chi connectivity index (χ0v) is 18.7. The molecular formula is C22H15Cl2N3O4S. The monoisotopic (exact) mass is 487 g/mol. The lowest BCUT2D eigenvalue weighted by atomic mass is 10.2. The third-order valence-electron chi connectivity index (χ3n) is 4.92. The molecule has 2 aromatic carbocycles. The number of benzene rings is 2. The number of para-hydroxylation sites is 1.